The number of hydrogen-bond acceptors (Lipinski definition) is 3. The van der Waals surface area contributed by atoms with Crippen LogP contribution in [0.1, 0.15) is 97.3 Å². The Morgan fingerprint density at radius 2 is 1.39 bits per heavy atom. The Labute approximate surface area is 142 Å². The minimum Gasteiger partial charge on any atom is -0.463 e. The van der Waals surface area contributed by atoms with E-state index in [1.165, 1.54) is 58.3 Å². The smallest absolute Gasteiger partial charge is 0.302 e. The Kier molecular flexibility index (Phi) is 15.1. The van der Waals surface area contributed by atoms with Gasteiger partial charge < -0.3 is 10.1 Å². The van der Waals surface area contributed by atoms with Crippen LogP contribution in [0.2, 0.25) is 0 Å². The van der Waals surface area contributed by atoms with Gasteiger partial charge in [0.05, 0.1) is 0 Å². The van der Waals surface area contributed by atoms with Crippen LogP contribution >= 0.6 is 0 Å². The largest absolute Gasteiger partial charge is 0.463 e. The van der Waals surface area contributed by atoms with Gasteiger partial charge in [0.2, 0.25) is 5.91 Å². The molecule has 0 saturated carbocycles. The van der Waals surface area contributed by atoms with Gasteiger partial charge in [-0.25, -0.2) is 0 Å². The average molecular weight is 328 g/mol. The minimum absolute atomic E-state index is 0.0262. The molecule has 0 bridgehead atoms. The van der Waals surface area contributed by atoms with Crippen molar-refractivity contribution in [3.63, 3.8) is 0 Å². The zero-order valence-electron chi connectivity index (χ0n) is 15.5. The topological polar surface area (TPSA) is 55.4 Å². The van der Waals surface area contributed by atoms with Crippen molar-refractivity contribution < 1.29 is 14.3 Å². The van der Waals surface area contributed by atoms with E-state index in [0.29, 0.717) is 6.42 Å². The molecule has 0 rings (SSSR count). The van der Waals surface area contributed by atoms with Crippen LogP contribution < -0.4 is 5.32 Å². The molecule has 0 aromatic heterocycles. The molecule has 0 aromatic carbocycles. The summed E-state index contributed by atoms with van der Waals surface area (Å²) in [6, 6.07) is 0. The molecule has 0 unspecified atom stereocenters. The van der Waals surface area contributed by atoms with E-state index in [0.717, 1.165) is 25.7 Å². The zero-order valence-corrected chi connectivity index (χ0v) is 15.5. The predicted molar refractivity (Wildman–Crippen MR) is 95.3 cm³/mol. The van der Waals surface area contributed by atoms with Gasteiger partial charge in [-0.2, -0.15) is 0 Å². The molecule has 0 aliphatic rings. The number of esters is 1. The quantitative estimate of drug-likeness (QED) is 0.349. The van der Waals surface area contributed by atoms with E-state index in [-0.39, 0.29) is 18.0 Å². The van der Waals surface area contributed by atoms with Gasteiger partial charge in [0.1, 0.15) is 6.10 Å². The first kappa shape index (κ1) is 21.9. The van der Waals surface area contributed by atoms with Gasteiger partial charge in [0.15, 0.2) is 0 Å². The fraction of sp³-hybridized carbons (Fsp3) is 0.895. The molecule has 4 nitrogen and oxygen atoms in total. The molecule has 0 aromatic rings. The van der Waals surface area contributed by atoms with E-state index in [4.69, 9.17) is 4.74 Å². The summed E-state index contributed by atoms with van der Waals surface area (Å²) in [7, 11) is 1.65. The minimum atomic E-state index is -0.217. The summed E-state index contributed by atoms with van der Waals surface area (Å²) in [6.07, 6.45) is 14.6. The van der Waals surface area contributed by atoms with Gasteiger partial charge in [0, 0.05) is 20.4 Å². The first-order valence-electron chi connectivity index (χ1n) is 9.48. The summed E-state index contributed by atoms with van der Waals surface area (Å²) in [5.41, 5.74) is 0. The molecule has 0 saturated heterocycles. The SMILES string of the molecule is CCCCCCCCCCC[C@H](CCCC(=O)NC)OC(C)=O. The summed E-state index contributed by atoms with van der Waals surface area (Å²) >= 11 is 0. The molecule has 0 fully saturated rings. The molecule has 0 radical (unpaired) electrons. The van der Waals surface area contributed by atoms with Gasteiger partial charge in [-0.3, -0.25) is 9.59 Å². The number of carbonyl (C=O) groups is 2. The Morgan fingerprint density at radius 1 is 0.870 bits per heavy atom. The zero-order chi connectivity index (χ0) is 17.3. The Bertz CT molecular complexity index is 305. The van der Waals surface area contributed by atoms with Crippen LogP contribution in [0.3, 0.4) is 0 Å². The predicted octanol–water partition coefficient (Wildman–Crippen LogP) is 4.76. The van der Waals surface area contributed by atoms with Crippen LogP contribution in [0.5, 0.6) is 0 Å². The van der Waals surface area contributed by atoms with Crippen LogP contribution in [-0.4, -0.2) is 25.0 Å². The first-order valence-corrected chi connectivity index (χ1v) is 9.48. The average Bonchev–Trinajstić information content (AvgIpc) is 2.52. The normalized spacial score (nSPS) is 12.0. The van der Waals surface area contributed by atoms with Crippen molar-refractivity contribution in [3.05, 3.63) is 0 Å². The van der Waals surface area contributed by atoms with Gasteiger partial charge in [-0.15, -0.1) is 0 Å². The molecule has 1 atom stereocenters. The van der Waals surface area contributed by atoms with Crippen molar-refractivity contribution in [2.75, 3.05) is 7.05 Å². The van der Waals surface area contributed by atoms with Gasteiger partial charge in [-0.1, -0.05) is 58.3 Å². The highest BCUT2D eigenvalue weighted by molar-refractivity contribution is 5.75. The van der Waals surface area contributed by atoms with Crippen LogP contribution in [0, 0.1) is 0 Å². The molecule has 23 heavy (non-hydrogen) atoms. The number of ether oxygens (including phenoxy) is 1. The monoisotopic (exact) mass is 327 g/mol. The number of amides is 1. The number of nitrogens with one attached hydrogen (secondary N) is 1. The van der Waals surface area contributed by atoms with Crippen LogP contribution in [0.15, 0.2) is 0 Å². The second-order valence-electron chi connectivity index (χ2n) is 6.41. The summed E-state index contributed by atoms with van der Waals surface area (Å²) in [6.45, 7) is 3.70. The Hall–Kier alpha value is -1.06. The maximum atomic E-state index is 11.2. The van der Waals surface area contributed by atoms with Crippen molar-refractivity contribution in [2.24, 2.45) is 0 Å². The lowest BCUT2D eigenvalue weighted by molar-refractivity contribution is -0.147. The van der Waals surface area contributed by atoms with Gasteiger partial charge >= 0.3 is 5.97 Å². The van der Waals surface area contributed by atoms with Crippen molar-refractivity contribution in [2.45, 2.75) is 103 Å². The van der Waals surface area contributed by atoms with Crippen molar-refractivity contribution in [3.8, 4) is 0 Å². The maximum Gasteiger partial charge on any atom is 0.302 e. The lowest BCUT2D eigenvalue weighted by atomic mass is 10.0. The summed E-state index contributed by atoms with van der Waals surface area (Å²) < 4.78 is 5.37. The molecule has 136 valence electrons. The molecular weight excluding hydrogens is 290 g/mol. The third-order valence-electron chi connectivity index (χ3n) is 4.17. The second-order valence-corrected chi connectivity index (χ2v) is 6.41. The molecule has 0 aliphatic heterocycles. The van der Waals surface area contributed by atoms with Crippen molar-refractivity contribution in [1.82, 2.24) is 5.32 Å². The second kappa shape index (κ2) is 15.8. The third-order valence-corrected chi connectivity index (χ3v) is 4.17. The Morgan fingerprint density at radius 3 is 1.91 bits per heavy atom. The fourth-order valence-electron chi connectivity index (χ4n) is 2.79. The van der Waals surface area contributed by atoms with Crippen molar-refractivity contribution in [1.29, 1.82) is 0 Å². The fourth-order valence-corrected chi connectivity index (χ4v) is 2.79. The molecular formula is C19H37NO3. The Balaban J connectivity index is 3.67. The summed E-state index contributed by atoms with van der Waals surface area (Å²) in [5.74, 6) is -0.166. The van der Waals surface area contributed by atoms with E-state index in [2.05, 4.69) is 12.2 Å². The highest BCUT2D eigenvalue weighted by Gasteiger charge is 2.12. The standard InChI is InChI=1S/C19H37NO3/c1-4-5-6-7-8-9-10-11-12-14-18(23-17(2)21)15-13-16-19(22)20-3/h18H,4-16H2,1-3H3,(H,20,22)/t18-/m1/s1. The highest BCUT2D eigenvalue weighted by atomic mass is 16.5. The van der Waals surface area contributed by atoms with Crippen LogP contribution in [0.25, 0.3) is 0 Å². The molecule has 1 N–H and O–H groups in total. The lowest BCUT2D eigenvalue weighted by Crippen LogP contribution is -2.20. The van der Waals surface area contributed by atoms with E-state index in [1.807, 2.05) is 0 Å². The number of hydrogen-bond donors (Lipinski definition) is 1. The number of carbonyl (C=O) groups excluding carboxylic acids is 2. The van der Waals surface area contributed by atoms with E-state index in [1.54, 1.807) is 7.05 Å². The lowest BCUT2D eigenvalue weighted by Gasteiger charge is -2.16. The highest BCUT2D eigenvalue weighted by Crippen LogP contribution is 2.16. The molecule has 0 aliphatic carbocycles. The van der Waals surface area contributed by atoms with Crippen LogP contribution in [0.4, 0.5) is 0 Å². The van der Waals surface area contributed by atoms with Gasteiger partial charge in [0.25, 0.3) is 0 Å². The molecule has 0 spiro atoms. The first-order chi connectivity index (χ1) is 11.1. The molecule has 0 heterocycles. The molecule has 4 heteroatoms. The van der Waals surface area contributed by atoms with Crippen molar-refractivity contribution >= 4 is 11.9 Å². The van der Waals surface area contributed by atoms with E-state index < -0.39 is 0 Å². The summed E-state index contributed by atoms with van der Waals surface area (Å²) in [5, 5.41) is 2.62. The third kappa shape index (κ3) is 15.6. The van der Waals surface area contributed by atoms with E-state index >= 15 is 0 Å². The number of unbranched alkanes of at least 4 members (excludes halogenated alkanes) is 8. The molecule has 1 amide bonds. The number of rotatable bonds is 15. The van der Waals surface area contributed by atoms with Gasteiger partial charge in [-0.05, 0) is 25.7 Å². The summed E-state index contributed by atoms with van der Waals surface area (Å²) in [4.78, 5) is 22.4. The van der Waals surface area contributed by atoms with E-state index in [9.17, 15) is 9.59 Å². The van der Waals surface area contributed by atoms with Crippen LogP contribution in [-0.2, 0) is 14.3 Å². The maximum absolute atomic E-state index is 11.2.